The van der Waals surface area contributed by atoms with Crippen molar-refractivity contribution < 1.29 is 0 Å². The average Bonchev–Trinajstić information content (AvgIpc) is 2.27. The van der Waals surface area contributed by atoms with Gasteiger partial charge in [-0.3, -0.25) is 0 Å². The highest BCUT2D eigenvalue weighted by Crippen LogP contribution is 2.30. The van der Waals surface area contributed by atoms with Crippen LogP contribution in [-0.2, 0) is 0 Å². The Bertz CT molecular complexity index is 166. The summed E-state index contributed by atoms with van der Waals surface area (Å²) in [6, 6.07) is 0. The Morgan fingerprint density at radius 3 is 1.12 bits per heavy atom. The second-order valence-corrected chi connectivity index (χ2v) is 9.34. The van der Waals surface area contributed by atoms with E-state index >= 15 is 0 Å². The highest BCUT2D eigenvalue weighted by atomic mass is 79.9. The SMILES string of the molecule is BrC1CCCCCCC(Br)C(Br)CCC1Br. The van der Waals surface area contributed by atoms with Crippen LogP contribution in [0.25, 0.3) is 0 Å². The van der Waals surface area contributed by atoms with E-state index in [1.165, 1.54) is 51.4 Å². The van der Waals surface area contributed by atoms with Gasteiger partial charge >= 0.3 is 0 Å². The predicted molar refractivity (Wildman–Crippen MR) is 87.8 cm³/mol. The van der Waals surface area contributed by atoms with Gasteiger partial charge in [0.05, 0.1) is 0 Å². The second-order valence-electron chi connectivity index (χ2n) is 4.63. The maximum atomic E-state index is 3.81. The normalized spacial score (nSPS) is 39.8. The number of hydrogen-bond donors (Lipinski definition) is 0. The molecule has 0 aromatic heterocycles. The van der Waals surface area contributed by atoms with Gasteiger partial charge in [0, 0.05) is 19.3 Å². The van der Waals surface area contributed by atoms with Crippen LogP contribution in [0.4, 0.5) is 0 Å². The minimum Gasteiger partial charge on any atom is -0.0879 e. The topological polar surface area (TPSA) is 0 Å². The van der Waals surface area contributed by atoms with Crippen molar-refractivity contribution in [2.45, 2.75) is 70.7 Å². The standard InChI is InChI=1S/C12H20Br4/c13-9-5-3-1-2-4-6-10(14)12(16)8-7-11(9)15/h9-12H,1-8H2. The van der Waals surface area contributed by atoms with Gasteiger partial charge in [-0.15, -0.1) is 0 Å². The van der Waals surface area contributed by atoms with E-state index in [1.807, 2.05) is 0 Å². The molecule has 0 radical (unpaired) electrons. The number of halogens is 4. The van der Waals surface area contributed by atoms with Crippen LogP contribution < -0.4 is 0 Å². The zero-order chi connectivity index (χ0) is 12.0. The molecule has 0 aromatic rings. The Morgan fingerprint density at radius 2 is 0.750 bits per heavy atom. The molecule has 4 unspecified atom stereocenters. The molecule has 4 heteroatoms. The van der Waals surface area contributed by atoms with Crippen LogP contribution in [0.5, 0.6) is 0 Å². The number of hydrogen-bond acceptors (Lipinski definition) is 0. The molecule has 0 bridgehead atoms. The van der Waals surface area contributed by atoms with E-state index in [1.54, 1.807) is 0 Å². The van der Waals surface area contributed by atoms with Gasteiger partial charge in [0.15, 0.2) is 0 Å². The van der Waals surface area contributed by atoms with Gasteiger partial charge in [-0.05, 0) is 25.7 Å². The summed E-state index contributed by atoms with van der Waals surface area (Å²) in [7, 11) is 0. The maximum absolute atomic E-state index is 3.81. The number of rotatable bonds is 0. The summed E-state index contributed by atoms with van der Waals surface area (Å²) in [5.41, 5.74) is 0. The molecule has 1 saturated carbocycles. The minimum atomic E-state index is 0.617. The summed E-state index contributed by atoms with van der Waals surface area (Å²) in [4.78, 5) is 2.51. The van der Waals surface area contributed by atoms with Crippen LogP contribution in [0.1, 0.15) is 51.4 Å². The first-order chi connectivity index (χ1) is 7.61. The molecule has 0 amide bonds. The van der Waals surface area contributed by atoms with Crippen LogP contribution in [-0.4, -0.2) is 19.3 Å². The number of alkyl halides is 4. The van der Waals surface area contributed by atoms with Crippen molar-refractivity contribution >= 4 is 63.7 Å². The maximum Gasteiger partial charge on any atom is 0.0271 e. The summed E-state index contributed by atoms with van der Waals surface area (Å²) in [6.07, 6.45) is 10.6. The zero-order valence-electron chi connectivity index (χ0n) is 9.48. The van der Waals surface area contributed by atoms with Crippen molar-refractivity contribution in [1.29, 1.82) is 0 Å². The largest absolute Gasteiger partial charge is 0.0879 e. The lowest BCUT2D eigenvalue weighted by atomic mass is 10.0. The van der Waals surface area contributed by atoms with Crippen LogP contribution >= 0.6 is 63.7 Å². The van der Waals surface area contributed by atoms with Crippen molar-refractivity contribution in [2.24, 2.45) is 0 Å². The quantitative estimate of drug-likeness (QED) is 0.361. The van der Waals surface area contributed by atoms with Gasteiger partial charge in [0.2, 0.25) is 0 Å². The summed E-state index contributed by atoms with van der Waals surface area (Å²) in [5.74, 6) is 0. The molecule has 4 atom stereocenters. The fraction of sp³-hybridized carbons (Fsp3) is 1.00. The minimum absolute atomic E-state index is 0.617. The van der Waals surface area contributed by atoms with Crippen LogP contribution in [0, 0.1) is 0 Å². The van der Waals surface area contributed by atoms with Gasteiger partial charge in [-0.2, -0.15) is 0 Å². The molecule has 0 aromatic carbocycles. The Balaban J connectivity index is 2.43. The Kier molecular flexibility index (Phi) is 8.91. The van der Waals surface area contributed by atoms with Crippen molar-refractivity contribution in [3.63, 3.8) is 0 Å². The lowest BCUT2D eigenvalue weighted by Gasteiger charge is -2.22. The molecular weight excluding hydrogens is 464 g/mol. The van der Waals surface area contributed by atoms with Crippen molar-refractivity contribution in [3.8, 4) is 0 Å². The van der Waals surface area contributed by atoms with E-state index in [9.17, 15) is 0 Å². The highest BCUT2D eigenvalue weighted by molar-refractivity contribution is 9.12. The first-order valence-electron chi connectivity index (χ1n) is 6.17. The smallest absolute Gasteiger partial charge is 0.0271 e. The van der Waals surface area contributed by atoms with E-state index in [-0.39, 0.29) is 0 Å². The monoisotopic (exact) mass is 480 g/mol. The molecule has 0 aliphatic heterocycles. The average molecular weight is 484 g/mol. The van der Waals surface area contributed by atoms with Gasteiger partial charge < -0.3 is 0 Å². The Hall–Kier alpha value is 1.92. The van der Waals surface area contributed by atoms with Gasteiger partial charge in [-0.1, -0.05) is 89.4 Å². The third-order valence-corrected chi connectivity index (χ3v) is 9.02. The van der Waals surface area contributed by atoms with Crippen LogP contribution in [0.2, 0.25) is 0 Å². The summed E-state index contributed by atoms with van der Waals surface area (Å²) in [6.45, 7) is 0. The predicted octanol–water partition coefficient (Wildman–Crippen LogP) is 6.17. The highest BCUT2D eigenvalue weighted by Gasteiger charge is 2.21. The molecule has 0 nitrogen and oxygen atoms in total. The lowest BCUT2D eigenvalue weighted by molar-refractivity contribution is 0.537. The summed E-state index contributed by atoms with van der Waals surface area (Å²) >= 11 is 15.2. The van der Waals surface area contributed by atoms with Crippen LogP contribution in [0.3, 0.4) is 0 Å². The molecule has 0 saturated heterocycles. The van der Waals surface area contributed by atoms with Gasteiger partial charge in [0.1, 0.15) is 0 Å². The molecular formula is C12H20Br4. The Morgan fingerprint density at radius 1 is 0.438 bits per heavy atom. The molecule has 0 spiro atoms. The zero-order valence-corrected chi connectivity index (χ0v) is 15.8. The second kappa shape index (κ2) is 8.92. The third kappa shape index (κ3) is 6.19. The van der Waals surface area contributed by atoms with Crippen molar-refractivity contribution in [2.75, 3.05) is 0 Å². The van der Waals surface area contributed by atoms with E-state index in [0.717, 1.165) is 0 Å². The molecule has 96 valence electrons. The lowest BCUT2D eigenvalue weighted by Crippen LogP contribution is -2.20. The summed E-state index contributed by atoms with van der Waals surface area (Å²) in [5, 5.41) is 0. The van der Waals surface area contributed by atoms with Crippen LogP contribution in [0.15, 0.2) is 0 Å². The molecule has 16 heavy (non-hydrogen) atoms. The fourth-order valence-corrected chi connectivity index (χ4v) is 4.31. The fourth-order valence-electron chi connectivity index (χ4n) is 2.07. The van der Waals surface area contributed by atoms with E-state index in [2.05, 4.69) is 63.7 Å². The molecule has 0 heterocycles. The Labute approximate surface area is 133 Å². The molecule has 1 fully saturated rings. The van der Waals surface area contributed by atoms with Gasteiger partial charge in [0.25, 0.3) is 0 Å². The van der Waals surface area contributed by atoms with E-state index in [0.29, 0.717) is 19.3 Å². The molecule has 1 aliphatic carbocycles. The van der Waals surface area contributed by atoms with Crippen molar-refractivity contribution in [1.82, 2.24) is 0 Å². The van der Waals surface area contributed by atoms with Gasteiger partial charge in [-0.25, -0.2) is 0 Å². The summed E-state index contributed by atoms with van der Waals surface area (Å²) < 4.78 is 0. The van der Waals surface area contributed by atoms with E-state index in [4.69, 9.17) is 0 Å². The first-order valence-corrected chi connectivity index (χ1v) is 9.84. The molecule has 1 rings (SSSR count). The third-order valence-electron chi connectivity index (χ3n) is 3.21. The first kappa shape index (κ1) is 16.0. The van der Waals surface area contributed by atoms with E-state index < -0.39 is 0 Å². The molecule has 0 N–H and O–H groups in total. The van der Waals surface area contributed by atoms with Crippen molar-refractivity contribution in [3.05, 3.63) is 0 Å². The molecule has 1 aliphatic rings.